The molecule has 0 spiro atoms. The molecule has 0 saturated heterocycles. The van der Waals surface area contributed by atoms with Gasteiger partial charge in [0.25, 0.3) is 0 Å². The number of anilines is 1. The minimum absolute atomic E-state index is 0.203. The van der Waals surface area contributed by atoms with Gasteiger partial charge in [-0.25, -0.2) is 0 Å². The van der Waals surface area contributed by atoms with Crippen LogP contribution < -0.4 is 4.90 Å². The molecule has 0 unspecified atom stereocenters. The molecule has 1 aromatic carbocycles. The summed E-state index contributed by atoms with van der Waals surface area (Å²) < 4.78 is 0. The molecule has 0 amide bonds. The maximum absolute atomic E-state index is 11.7. The van der Waals surface area contributed by atoms with Gasteiger partial charge in [0.2, 0.25) is 0 Å². The Labute approximate surface area is 193 Å². The van der Waals surface area contributed by atoms with Crippen molar-refractivity contribution in [2.24, 2.45) is 17.3 Å². The van der Waals surface area contributed by atoms with Gasteiger partial charge in [0.1, 0.15) is 5.60 Å². The van der Waals surface area contributed by atoms with E-state index in [2.05, 4.69) is 68.1 Å². The molecule has 6 atom stereocenters. The summed E-state index contributed by atoms with van der Waals surface area (Å²) in [6, 6.07) is 9.04. The van der Waals surface area contributed by atoms with Gasteiger partial charge < -0.3 is 15.1 Å². The predicted molar refractivity (Wildman–Crippen MR) is 130 cm³/mol. The topological polar surface area (TPSA) is 43.7 Å². The van der Waals surface area contributed by atoms with Crippen molar-refractivity contribution in [3.05, 3.63) is 52.6 Å². The third kappa shape index (κ3) is 3.18. The average Bonchev–Trinajstić information content (AvgIpc) is 3.03. The molecule has 2 saturated carbocycles. The van der Waals surface area contributed by atoms with Crippen LogP contribution in [-0.2, 0) is 0 Å². The molecule has 1 aromatic rings. The van der Waals surface area contributed by atoms with Crippen LogP contribution >= 0.6 is 0 Å². The molecule has 2 fully saturated rings. The highest BCUT2D eigenvalue weighted by atomic mass is 16.3. The van der Waals surface area contributed by atoms with Gasteiger partial charge in [-0.15, -0.1) is 5.92 Å². The summed E-state index contributed by atoms with van der Waals surface area (Å²) >= 11 is 0. The smallest absolute Gasteiger partial charge is 0.131 e. The number of allylic oxidation sites excluding steroid dienone is 3. The lowest BCUT2D eigenvalue weighted by molar-refractivity contribution is -0.0514. The highest BCUT2D eigenvalue weighted by Gasteiger charge is 2.62. The van der Waals surface area contributed by atoms with Crippen LogP contribution in [0.3, 0.4) is 0 Å². The quantitative estimate of drug-likeness (QED) is 0.633. The number of hydrogen-bond acceptors (Lipinski definition) is 3. The summed E-state index contributed by atoms with van der Waals surface area (Å²) in [6.07, 6.45) is 8.58. The summed E-state index contributed by atoms with van der Waals surface area (Å²) in [6.45, 7) is 4.17. The van der Waals surface area contributed by atoms with E-state index < -0.39 is 5.60 Å². The SMILES string of the molecule is CC#C[C@]1(O)CC[C@@H]2[C@@H]3CCC4=C[C@@H](O)CCC4=C3[C@@H](c3ccc(N(C)C)cc3)C[C@@]21C. The molecule has 2 N–H and O–H groups in total. The Morgan fingerprint density at radius 3 is 2.50 bits per heavy atom. The van der Waals surface area contributed by atoms with E-state index in [0.717, 1.165) is 44.9 Å². The summed E-state index contributed by atoms with van der Waals surface area (Å²) in [5, 5.41) is 22.0. The molecular formula is C29H37NO2. The fourth-order valence-corrected chi connectivity index (χ4v) is 7.50. The first-order valence-electron chi connectivity index (χ1n) is 12.3. The zero-order valence-electron chi connectivity index (χ0n) is 20.0. The van der Waals surface area contributed by atoms with E-state index in [1.807, 2.05) is 6.92 Å². The maximum Gasteiger partial charge on any atom is 0.131 e. The highest BCUT2D eigenvalue weighted by Crippen LogP contribution is 2.66. The largest absolute Gasteiger partial charge is 0.389 e. The van der Waals surface area contributed by atoms with Crippen molar-refractivity contribution in [1.29, 1.82) is 0 Å². The van der Waals surface area contributed by atoms with Crippen LogP contribution in [-0.4, -0.2) is 36.0 Å². The zero-order chi connectivity index (χ0) is 22.7. The molecule has 4 aliphatic rings. The Morgan fingerprint density at radius 1 is 1.06 bits per heavy atom. The van der Waals surface area contributed by atoms with Gasteiger partial charge in [0.05, 0.1) is 6.10 Å². The van der Waals surface area contributed by atoms with Gasteiger partial charge in [-0.3, -0.25) is 0 Å². The van der Waals surface area contributed by atoms with Crippen LogP contribution in [0.1, 0.15) is 70.3 Å². The van der Waals surface area contributed by atoms with Gasteiger partial charge in [0.15, 0.2) is 0 Å². The first-order valence-corrected chi connectivity index (χ1v) is 12.3. The number of hydrogen-bond donors (Lipinski definition) is 2. The monoisotopic (exact) mass is 431 g/mol. The standard InChI is InChI=1S/C29H37NO2/c1-5-15-29(32)16-14-26-24-12-8-20-17-22(31)11-13-23(20)27(24)25(18-28(26,29)2)19-6-9-21(10-7-19)30(3)4/h6-7,9-10,17,22,24-26,31-32H,8,11-14,16,18H2,1-4H3/t22-,24-,25+,26+,28-,29-/m0/s1. The van der Waals surface area contributed by atoms with Gasteiger partial charge in [0, 0.05) is 31.1 Å². The van der Waals surface area contributed by atoms with Gasteiger partial charge in [-0.1, -0.05) is 36.6 Å². The number of nitrogens with zero attached hydrogens (tertiary/aromatic N) is 1. The Bertz CT molecular complexity index is 1020. The minimum Gasteiger partial charge on any atom is -0.389 e. The van der Waals surface area contributed by atoms with E-state index in [9.17, 15) is 10.2 Å². The van der Waals surface area contributed by atoms with Crippen molar-refractivity contribution in [2.75, 3.05) is 19.0 Å². The summed E-state index contributed by atoms with van der Waals surface area (Å²) in [5.41, 5.74) is 5.98. The normalized spacial score (nSPS) is 38.1. The Balaban J connectivity index is 1.66. The molecule has 0 aromatic heterocycles. The van der Waals surface area contributed by atoms with E-state index in [1.165, 1.54) is 22.4 Å². The molecule has 170 valence electrons. The zero-order valence-corrected chi connectivity index (χ0v) is 20.0. The molecule has 5 rings (SSSR count). The number of benzene rings is 1. The molecule has 3 heteroatoms. The molecule has 0 heterocycles. The number of fused-ring (bicyclic) bond motifs is 4. The van der Waals surface area contributed by atoms with Crippen molar-refractivity contribution >= 4 is 5.69 Å². The van der Waals surface area contributed by atoms with E-state index in [-0.39, 0.29) is 11.5 Å². The van der Waals surface area contributed by atoms with Gasteiger partial charge in [-0.05, 0) is 92.5 Å². The van der Waals surface area contributed by atoms with Crippen LogP contribution in [0, 0.1) is 29.1 Å². The summed E-state index contributed by atoms with van der Waals surface area (Å²) in [5.74, 6) is 7.58. The Kier molecular flexibility index (Phi) is 5.31. The van der Waals surface area contributed by atoms with Gasteiger partial charge >= 0.3 is 0 Å². The number of aliphatic hydroxyl groups is 2. The molecule has 3 nitrogen and oxygen atoms in total. The molecule has 4 aliphatic carbocycles. The number of aliphatic hydroxyl groups excluding tert-OH is 1. The molecular weight excluding hydrogens is 394 g/mol. The lowest BCUT2D eigenvalue weighted by Gasteiger charge is -2.54. The Morgan fingerprint density at radius 2 is 1.81 bits per heavy atom. The second-order valence-electron chi connectivity index (χ2n) is 10.9. The molecule has 0 radical (unpaired) electrons. The van der Waals surface area contributed by atoms with Crippen LogP contribution in [0.25, 0.3) is 0 Å². The number of rotatable bonds is 2. The summed E-state index contributed by atoms with van der Waals surface area (Å²) in [7, 11) is 4.16. The van der Waals surface area contributed by atoms with Gasteiger partial charge in [-0.2, -0.15) is 0 Å². The van der Waals surface area contributed by atoms with E-state index in [0.29, 0.717) is 17.8 Å². The highest BCUT2D eigenvalue weighted by molar-refractivity contribution is 5.52. The van der Waals surface area contributed by atoms with Crippen molar-refractivity contribution in [2.45, 2.75) is 76.4 Å². The molecule has 0 aliphatic heterocycles. The second-order valence-corrected chi connectivity index (χ2v) is 10.9. The first kappa shape index (κ1) is 21.8. The maximum atomic E-state index is 11.7. The second kappa shape index (κ2) is 7.79. The van der Waals surface area contributed by atoms with Crippen molar-refractivity contribution in [3.63, 3.8) is 0 Å². The summed E-state index contributed by atoms with van der Waals surface area (Å²) in [4.78, 5) is 2.14. The predicted octanol–water partition coefficient (Wildman–Crippen LogP) is 5.20. The van der Waals surface area contributed by atoms with E-state index in [1.54, 1.807) is 5.57 Å². The molecule has 32 heavy (non-hydrogen) atoms. The van der Waals surface area contributed by atoms with Crippen LogP contribution in [0.4, 0.5) is 5.69 Å². The van der Waals surface area contributed by atoms with Crippen molar-refractivity contribution < 1.29 is 10.2 Å². The minimum atomic E-state index is -0.899. The average molecular weight is 432 g/mol. The van der Waals surface area contributed by atoms with Crippen LogP contribution in [0.5, 0.6) is 0 Å². The lowest BCUT2D eigenvalue weighted by Crippen LogP contribution is -2.51. The van der Waals surface area contributed by atoms with Crippen LogP contribution in [0.2, 0.25) is 0 Å². The van der Waals surface area contributed by atoms with Crippen molar-refractivity contribution in [1.82, 2.24) is 0 Å². The van der Waals surface area contributed by atoms with E-state index in [4.69, 9.17) is 0 Å². The lowest BCUT2D eigenvalue weighted by atomic mass is 9.51. The van der Waals surface area contributed by atoms with E-state index >= 15 is 0 Å². The van der Waals surface area contributed by atoms with Crippen molar-refractivity contribution in [3.8, 4) is 11.8 Å². The fraction of sp³-hybridized carbons (Fsp3) is 0.586. The third-order valence-electron chi connectivity index (χ3n) is 9.16. The first-order chi connectivity index (χ1) is 15.3. The fourth-order valence-electron chi connectivity index (χ4n) is 7.50. The molecule has 0 bridgehead atoms. The Hall–Kier alpha value is -2.02. The third-order valence-corrected chi connectivity index (χ3v) is 9.16. The van der Waals surface area contributed by atoms with Crippen LogP contribution in [0.15, 0.2) is 47.1 Å².